The summed E-state index contributed by atoms with van der Waals surface area (Å²) in [7, 11) is -2.46. The highest BCUT2D eigenvalue weighted by Crippen LogP contribution is 2.32. The number of likely N-dealkylation sites (N-methyl/N-ethyl adjacent to an activating group) is 1. The fourth-order valence-corrected chi connectivity index (χ4v) is 5.15. The molecule has 1 amide bonds. The summed E-state index contributed by atoms with van der Waals surface area (Å²) in [6.07, 6.45) is 0.587. The molecular weight excluding hydrogens is 426 g/mol. The molecule has 1 aliphatic heterocycles. The molecule has 0 aliphatic carbocycles. The molecule has 0 atom stereocenters. The Kier molecular flexibility index (Phi) is 5.89. The molecule has 0 bridgehead atoms. The number of hydrogen-bond donors (Lipinski definition) is 1. The van der Waals surface area contributed by atoms with Crippen molar-refractivity contribution in [1.82, 2.24) is 14.6 Å². The predicted octanol–water partition coefficient (Wildman–Crippen LogP) is 2.05. The quantitative estimate of drug-likeness (QED) is 0.595. The van der Waals surface area contributed by atoms with Crippen molar-refractivity contribution in [2.45, 2.75) is 11.3 Å². The second-order valence-electron chi connectivity index (χ2n) is 6.74. The van der Waals surface area contributed by atoms with E-state index < -0.39 is 10.0 Å². The number of thiazole rings is 1. The third-order valence-corrected chi connectivity index (χ3v) is 7.48. The maximum absolute atomic E-state index is 12.8. The van der Waals surface area contributed by atoms with Crippen molar-refractivity contribution in [2.75, 3.05) is 33.4 Å². The smallest absolute Gasteiger partial charge is 0.243 e. The lowest BCUT2D eigenvalue weighted by molar-refractivity contribution is -0.121. The van der Waals surface area contributed by atoms with Gasteiger partial charge >= 0.3 is 0 Å². The van der Waals surface area contributed by atoms with Crippen LogP contribution in [0.25, 0.3) is 10.2 Å². The van der Waals surface area contributed by atoms with Crippen molar-refractivity contribution < 1.29 is 22.7 Å². The van der Waals surface area contributed by atoms with Crippen molar-refractivity contribution in [3.63, 3.8) is 0 Å². The molecule has 1 aromatic heterocycles. The van der Waals surface area contributed by atoms with Crippen LogP contribution in [0.2, 0.25) is 0 Å². The SMILES string of the molecule is CN(CC(=O)NCCc1nc2ccccc2s1)S(=O)(=O)c1ccc2c(c1)OCCO2. The van der Waals surface area contributed by atoms with Crippen LogP contribution in [0.4, 0.5) is 0 Å². The lowest BCUT2D eigenvalue weighted by atomic mass is 10.3. The summed E-state index contributed by atoms with van der Waals surface area (Å²) in [4.78, 5) is 16.8. The van der Waals surface area contributed by atoms with E-state index in [-0.39, 0.29) is 17.3 Å². The number of fused-ring (bicyclic) bond motifs is 2. The number of hydrogen-bond acceptors (Lipinski definition) is 7. The normalized spacial score (nSPS) is 13.5. The van der Waals surface area contributed by atoms with Gasteiger partial charge in [0.05, 0.1) is 26.7 Å². The van der Waals surface area contributed by atoms with Gasteiger partial charge in [0, 0.05) is 26.1 Å². The summed E-state index contributed by atoms with van der Waals surface area (Å²) in [5.74, 6) is 0.520. The van der Waals surface area contributed by atoms with Crippen LogP contribution in [-0.4, -0.2) is 57.0 Å². The maximum atomic E-state index is 12.8. The second-order valence-corrected chi connectivity index (χ2v) is 9.90. The Morgan fingerprint density at radius 2 is 1.93 bits per heavy atom. The van der Waals surface area contributed by atoms with E-state index in [0.29, 0.717) is 37.7 Å². The topological polar surface area (TPSA) is 97.8 Å². The summed E-state index contributed by atoms with van der Waals surface area (Å²) < 4.78 is 38.6. The molecule has 0 radical (unpaired) electrons. The summed E-state index contributed by atoms with van der Waals surface area (Å²) in [6, 6.07) is 12.3. The van der Waals surface area contributed by atoms with Crippen LogP contribution < -0.4 is 14.8 Å². The first-order valence-corrected chi connectivity index (χ1v) is 11.7. The van der Waals surface area contributed by atoms with Gasteiger partial charge in [0.1, 0.15) is 13.2 Å². The molecule has 0 fully saturated rings. The Bertz CT molecular complexity index is 1140. The van der Waals surface area contributed by atoms with E-state index in [1.807, 2.05) is 24.3 Å². The molecule has 0 saturated carbocycles. The highest BCUT2D eigenvalue weighted by molar-refractivity contribution is 7.89. The first kappa shape index (κ1) is 20.6. The van der Waals surface area contributed by atoms with Gasteiger partial charge in [-0.1, -0.05) is 12.1 Å². The van der Waals surface area contributed by atoms with E-state index in [4.69, 9.17) is 9.47 Å². The Hall–Kier alpha value is -2.69. The summed E-state index contributed by atoms with van der Waals surface area (Å²) in [6.45, 7) is 0.896. The Morgan fingerprint density at radius 1 is 1.17 bits per heavy atom. The molecule has 10 heteroatoms. The molecule has 158 valence electrons. The van der Waals surface area contributed by atoms with Crippen molar-refractivity contribution in [2.24, 2.45) is 0 Å². The van der Waals surface area contributed by atoms with Crippen molar-refractivity contribution in [3.05, 3.63) is 47.5 Å². The van der Waals surface area contributed by atoms with E-state index >= 15 is 0 Å². The van der Waals surface area contributed by atoms with Crippen LogP contribution in [0.5, 0.6) is 11.5 Å². The fraction of sp³-hybridized carbons (Fsp3) is 0.300. The van der Waals surface area contributed by atoms with Gasteiger partial charge in [-0.2, -0.15) is 4.31 Å². The molecule has 0 unspecified atom stereocenters. The first-order chi connectivity index (χ1) is 14.4. The van der Waals surface area contributed by atoms with Crippen LogP contribution in [0.15, 0.2) is 47.4 Å². The average Bonchev–Trinajstić information content (AvgIpc) is 3.16. The molecule has 0 saturated heterocycles. The van der Waals surface area contributed by atoms with Gasteiger partial charge in [0.15, 0.2) is 11.5 Å². The molecule has 30 heavy (non-hydrogen) atoms. The van der Waals surface area contributed by atoms with Crippen LogP contribution in [-0.2, 0) is 21.2 Å². The van der Waals surface area contributed by atoms with Gasteiger partial charge in [-0.3, -0.25) is 4.79 Å². The van der Waals surface area contributed by atoms with Gasteiger partial charge in [0.2, 0.25) is 15.9 Å². The molecule has 3 aromatic rings. The largest absolute Gasteiger partial charge is 0.486 e. The van der Waals surface area contributed by atoms with Gasteiger partial charge in [-0.05, 0) is 24.3 Å². The van der Waals surface area contributed by atoms with Crippen molar-refractivity contribution in [1.29, 1.82) is 0 Å². The number of sulfonamides is 1. The fourth-order valence-electron chi connectivity index (χ4n) is 3.04. The Labute approximate surface area is 178 Å². The van der Waals surface area contributed by atoms with E-state index in [1.54, 1.807) is 17.4 Å². The van der Waals surface area contributed by atoms with Crippen LogP contribution >= 0.6 is 11.3 Å². The lowest BCUT2D eigenvalue weighted by Crippen LogP contribution is -2.39. The minimum absolute atomic E-state index is 0.0523. The summed E-state index contributed by atoms with van der Waals surface area (Å²) >= 11 is 1.58. The zero-order valence-electron chi connectivity index (χ0n) is 16.3. The number of nitrogens with zero attached hydrogens (tertiary/aromatic N) is 2. The summed E-state index contributed by atoms with van der Waals surface area (Å²) in [5, 5.41) is 3.68. The number of para-hydroxylation sites is 1. The molecule has 8 nitrogen and oxygen atoms in total. The number of ether oxygens (including phenoxy) is 2. The zero-order valence-corrected chi connectivity index (χ0v) is 18.0. The Morgan fingerprint density at radius 3 is 2.73 bits per heavy atom. The number of rotatable bonds is 7. The van der Waals surface area contributed by atoms with Crippen LogP contribution in [0.3, 0.4) is 0 Å². The highest BCUT2D eigenvalue weighted by atomic mass is 32.2. The molecule has 2 aromatic carbocycles. The third kappa shape index (κ3) is 4.40. The number of carbonyl (C=O) groups excluding carboxylic acids is 1. The molecule has 0 spiro atoms. The Balaban J connectivity index is 1.33. The molecule has 1 N–H and O–H groups in total. The number of amides is 1. The average molecular weight is 448 g/mol. The molecule has 2 heterocycles. The van der Waals surface area contributed by atoms with Gasteiger partial charge in [0.25, 0.3) is 0 Å². The van der Waals surface area contributed by atoms with Crippen molar-refractivity contribution in [3.8, 4) is 11.5 Å². The van der Waals surface area contributed by atoms with Gasteiger partial charge < -0.3 is 14.8 Å². The van der Waals surface area contributed by atoms with E-state index in [9.17, 15) is 13.2 Å². The van der Waals surface area contributed by atoms with Gasteiger partial charge in [-0.15, -0.1) is 11.3 Å². The minimum Gasteiger partial charge on any atom is -0.486 e. The van der Waals surface area contributed by atoms with E-state index in [1.165, 1.54) is 19.2 Å². The molecule has 4 rings (SSSR count). The van der Waals surface area contributed by atoms with Crippen LogP contribution in [0, 0.1) is 0 Å². The number of carbonyl (C=O) groups is 1. The standard InChI is InChI=1S/C20H21N3O5S2/c1-23(30(25,26)14-6-7-16-17(12-14)28-11-10-27-16)13-19(24)21-9-8-20-22-15-4-2-3-5-18(15)29-20/h2-7,12H,8-11,13H2,1H3,(H,21,24). The van der Waals surface area contributed by atoms with E-state index in [0.717, 1.165) is 19.5 Å². The summed E-state index contributed by atoms with van der Waals surface area (Å²) in [5.41, 5.74) is 0.939. The number of nitrogens with one attached hydrogen (secondary N) is 1. The monoisotopic (exact) mass is 447 g/mol. The minimum atomic E-state index is -3.84. The van der Waals surface area contributed by atoms with Gasteiger partial charge in [-0.25, -0.2) is 13.4 Å². The molecule has 1 aliphatic rings. The third-order valence-electron chi connectivity index (χ3n) is 4.59. The van der Waals surface area contributed by atoms with E-state index in [2.05, 4.69) is 10.3 Å². The molecular formula is C20H21N3O5S2. The zero-order chi connectivity index (χ0) is 21.1. The lowest BCUT2D eigenvalue weighted by Gasteiger charge is -2.21. The number of benzene rings is 2. The predicted molar refractivity (Wildman–Crippen MR) is 114 cm³/mol. The van der Waals surface area contributed by atoms with Crippen molar-refractivity contribution >= 4 is 37.5 Å². The second kappa shape index (κ2) is 8.58. The highest BCUT2D eigenvalue weighted by Gasteiger charge is 2.25. The first-order valence-electron chi connectivity index (χ1n) is 9.40. The van der Waals surface area contributed by atoms with Crippen LogP contribution in [0.1, 0.15) is 5.01 Å². The number of aromatic nitrogens is 1. The maximum Gasteiger partial charge on any atom is 0.243 e.